The van der Waals surface area contributed by atoms with Crippen molar-refractivity contribution in [3.05, 3.63) is 38.9 Å². The average Bonchev–Trinajstić information content (AvgIpc) is 2.26. The van der Waals surface area contributed by atoms with E-state index in [0.717, 1.165) is 0 Å². The highest BCUT2D eigenvalue weighted by Gasteiger charge is 2.20. The Balaban J connectivity index is 3.55. The predicted octanol–water partition coefficient (Wildman–Crippen LogP) is 2.23. The summed E-state index contributed by atoms with van der Waals surface area (Å²) in [5, 5.41) is 19.6. The van der Waals surface area contributed by atoms with Crippen LogP contribution in [-0.2, 0) is 6.42 Å². The summed E-state index contributed by atoms with van der Waals surface area (Å²) in [6.07, 6.45) is 0.516. The molecule has 5 heteroatoms. The number of hydrogen-bond donors (Lipinski definition) is 0. The number of ketones is 1. The molecule has 0 radical (unpaired) electrons. The Bertz CT molecular complexity index is 501. The van der Waals surface area contributed by atoms with Crippen LogP contribution >= 0.6 is 0 Å². The standard InChI is InChI=1S/C11H10N2O3/c1-3-8-5-11(13(15)16)10(7(2)14)4-9(8)6-12/h4-5H,3H2,1-2H3. The zero-order chi connectivity index (χ0) is 12.3. The molecule has 0 amide bonds. The van der Waals surface area contributed by atoms with Crippen molar-refractivity contribution in [3.8, 4) is 6.07 Å². The molecule has 1 aromatic carbocycles. The van der Waals surface area contributed by atoms with Crippen molar-refractivity contribution in [1.82, 2.24) is 0 Å². The summed E-state index contributed by atoms with van der Waals surface area (Å²) in [4.78, 5) is 21.4. The monoisotopic (exact) mass is 218 g/mol. The van der Waals surface area contributed by atoms with Crippen molar-refractivity contribution >= 4 is 11.5 Å². The maximum absolute atomic E-state index is 11.2. The third-order valence-electron chi connectivity index (χ3n) is 2.30. The topological polar surface area (TPSA) is 84.0 Å². The van der Waals surface area contributed by atoms with Crippen LogP contribution in [0.3, 0.4) is 0 Å². The summed E-state index contributed by atoms with van der Waals surface area (Å²) in [5.41, 5.74) is 0.652. The Morgan fingerprint density at radius 1 is 1.56 bits per heavy atom. The van der Waals surface area contributed by atoms with Crippen molar-refractivity contribution in [2.75, 3.05) is 0 Å². The van der Waals surface area contributed by atoms with Gasteiger partial charge in [-0.15, -0.1) is 0 Å². The second kappa shape index (κ2) is 4.53. The van der Waals surface area contributed by atoms with Crippen LogP contribution in [0.15, 0.2) is 12.1 Å². The number of nitriles is 1. The van der Waals surface area contributed by atoms with Gasteiger partial charge in [0.25, 0.3) is 5.69 Å². The molecule has 0 aliphatic rings. The molecule has 0 aromatic heterocycles. The second-order valence-corrected chi connectivity index (χ2v) is 3.31. The molecule has 82 valence electrons. The van der Waals surface area contributed by atoms with E-state index in [4.69, 9.17) is 5.26 Å². The quantitative estimate of drug-likeness (QED) is 0.442. The highest BCUT2D eigenvalue weighted by Crippen LogP contribution is 2.24. The SMILES string of the molecule is CCc1cc([N+](=O)[O-])c(C(C)=O)cc1C#N. The Morgan fingerprint density at radius 3 is 2.56 bits per heavy atom. The summed E-state index contributed by atoms with van der Waals surface area (Å²) in [7, 11) is 0. The molecule has 0 aliphatic heterocycles. The lowest BCUT2D eigenvalue weighted by Crippen LogP contribution is -2.03. The summed E-state index contributed by atoms with van der Waals surface area (Å²) in [6.45, 7) is 3.04. The summed E-state index contributed by atoms with van der Waals surface area (Å²) in [5.74, 6) is -0.411. The fourth-order valence-corrected chi connectivity index (χ4v) is 1.46. The molecule has 0 bridgehead atoms. The van der Waals surface area contributed by atoms with E-state index in [2.05, 4.69) is 0 Å². The first-order chi connectivity index (χ1) is 7.51. The molecular weight excluding hydrogens is 208 g/mol. The molecule has 16 heavy (non-hydrogen) atoms. The van der Waals surface area contributed by atoms with Gasteiger partial charge in [-0.25, -0.2) is 0 Å². The van der Waals surface area contributed by atoms with Crippen LogP contribution in [0.4, 0.5) is 5.69 Å². The fraction of sp³-hybridized carbons (Fsp3) is 0.273. The van der Waals surface area contributed by atoms with Gasteiger partial charge in [0.15, 0.2) is 5.78 Å². The van der Waals surface area contributed by atoms with Crippen LogP contribution in [0.25, 0.3) is 0 Å². The third-order valence-corrected chi connectivity index (χ3v) is 2.30. The van der Waals surface area contributed by atoms with E-state index < -0.39 is 10.7 Å². The van der Waals surface area contributed by atoms with Crippen LogP contribution in [0.2, 0.25) is 0 Å². The number of carbonyl (C=O) groups is 1. The van der Waals surface area contributed by atoms with Crippen LogP contribution in [0, 0.1) is 21.4 Å². The first kappa shape index (κ1) is 11.9. The maximum atomic E-state index is 11.2. The van der Waals surface area contributed by atoms with E-state index in [0.29, 0.717) is 17.5 Å². The normalized spacial score (nSPS) is 9.56. The highest BCUT2D eigenvalue weighted by molar-refractivity contribution is 5.98. The van der Waals surface area contributed by atoms with E-state index in [1.165, 1.54) is 19.1 Å². The van der Waals surface area contributed by atoms with Crippen molar-refractivity contribution < 1.29 is 9.72 Å². The van der Waals surface area contributed by atoms with Gasteiger partial charge in [0.05, 0.1) is 22.1 Å². The van der Waals surface area contributed by atoms with Gasteiger partial charge in [0, 0.05) is 6.07 Å². The zero-order valence-corrected chi connectivity index (χ0v) is 8.98. The molecule has 0 spiro atoms. The molecule has 0 heterocycles. The number of aryl methyl sites for hydroxylation is 1. The van der Waals surface area contributed by atoms with Gasteiger partial charge in [-0.2, -0.15) is 5.26 Å². The molecule has 5 nitrogen and oxygen atoms in total. The number of rotatable bonds is 3. The number of Topliss-reactive ketones (excluding diaryl/α,β-unsaturated/α-hetero) is 1. The van der Waals surface area contributed by atoms with Gasteiger partial charge in [0.1, 0.15) is 0 Å². The molecule has 1 rings (SSSR count). The van der Waals surface area contributed by atoms with Crippen molar-refractivity contribution in [2.24, 2.45) is 0 Å². The van der Waals surface area contributed by atoms with Crippen molar-refractivity contribution in [1.29, 1.82) is 5.26 Å². The van der Waals surface area contributed by atoms with Gasteiger partial charge in [-0.1, -0.05) is 6.92 Å². The largest absolute Gasteiger partial charge is 0.294 e. The van der Waals surface area contributed by atoms with E-state index in [1.54, 1.807) is 6.92 Å². The Kier molecular flexibility index (Phi) is 3.36. The van der Waals surface area contributed by atoms with E-state index >= 15 is 0 Å². The minimum Gasteiger partial charge on any atom is -0.294 e. The Labute approximate surface area is 92.5 Å². The molecular formula is C11H10N2O3. The molecule has 0 fully saturated rings. The first-order valence-electron chi connectivity index (χ1n) is 4.73. The third kappa shape index (κ3) is 2.06. The van der Waals surface area contributed by atoms with Crippen molar-refractivity contribution in [2.45, 2.75) is 20.3 Å². The molecule has 0 aliphatic carbocycles. The molecule has 0 N–H and O–H groups in total. The van der Waals surface area contributed by atoms with Crippen LogP contribution in [0.5, 0.6) is 0 Å². The van der Waals surface area contributed by atoms with Gasteiger partial charge in [-0.3, -0.25) is 14.9 Å². The Morgan fingerprint density at radius 2 is 2.19 bits per heavy atom. The lowest BCUT2D eigenvalue weighted by atomic mass is 9.99. The minimum atomic E-state index is -0.600. The number of nitro benzene ring substituents is 1. The number of benzene rings is 1. The molecule has 0 saturated carbocycles. The van der Waals surface area contributed by atoms with Crippen LogP contribution < -0.4 is 0 Å². The van der Waals surface area contributed by atoms with E-state index in [9.17, 15) is 14.9 Å². The zero-order valence-electron chi connectivity index (χ0n) is 8.98. The number of nitro groups is 1. The number of hydrogen-bond acceptors (Lipinski definition) is 4. The highest BCUT2D eigenvalue weighted by atomic mass is 16.6. The number of nitrogens with zero attached hydrogens (tertiary/aromatic N) is 2. The van der Waals surface area contributed by atoms with Gasteiger partial charge in [-0.05, 0) is 25.0 Å². The molecule has 1 aromatic rings. The predicted molar refractivity (Wildman–Crippen MR) is 57.2 cm³/mol. The second-order valence-electron chi connectivity index (χ2n) is 3.31. The molecule has 0 unspecified atom stereocenters. The summed E-state index contributed by atoms with van der Waals surface area (Å²) >= 11 is 0. The van der Waals surface area contributed by atoms with Gasteiger partial charge in [0.2, 0.25) is 0 Å². The fourth-order valence-electron chi connectivity index (χ4n) is 1.46. The van der Waals surface area contributed by atoms with Crippen LogP contribution in [-0.4, -0.2) is 10.7 Å². The Hall–Kier alpha value is -2.22. The van der Waals surface area contributed by atoms with Gasteiger partial charge >= 0.3 is 0 Å². The maximum Gasteiger partial charge on any atom is 0.280 e. The van der Waals surface area contributed by atoms with Crippen LogP contribution in [0.1, 0.15) is 35.3 Å². The first-order valence-corrected chi connectivity index (χ1v) is 4.73. The molecule has 0 atom stereocenters. The number of carbonyl (C=O) groups excluding carboxylic acids is 1. The van der Waals surface area contributed by atoms with E-state index in [1.807, 2.05) is 6.07 Å². The summed E-state index contributed by atoms with van der Waals surface area (Å²) < 4.78 is 0. The minimum absolute atomic E-state index is 0.0150. The lowest BCUT2D eigenvalue weighted by molar-refractivity contribution is -0.385. The van der Waals surface area contributed by atoms with E-state index in [-0.39, 0.29) is 11.3 Å². The van der Waals surface area contributed by atoms with Gasteiger partial charge < -0.3 is 0 Å². The molecule has 0 saturated heterocycles. The van der Waals surface area contributed by atoms with Crippen molar-refractivity contribution in [3.63, 3.8) is 0 Å². The smallest absolute Gasteiger partial charge is 0.280 e. The lowest BCUT2D eigenvalue weighted by Gasteiger charge is -2.04. The average molecular weight is 218 g/mol. The summed E-state index contributed by atoms with van der Waals surface area (Å²) in [6, 6.07) is 4.52.